The molecular formula is C25H31N3O5S. The molecule has 8 nitrogen and oxygen atoms in total. The zero-order valence-corrected chi connectivity index (χ0v) is 20.6. The first-order chi connectivity index (χ1) is 16.2. The molecule has 4 rings (SSSR count). The number of hydrogen-bond acceptors (Lipinski definition) is 5. The largest absolute Gasteiger partial charge is 0.478 e. The molecule has 0 saturated carbocycles. The van der Waals surface area contributed by atoms with E-state index in [1.165, 1.54) is 16.4 Å². The average molecular weight is 486 g/mol. The number of carbonyl (C=O) groups is 1. The van der Waals surface area contributed by atoms with Gasteiger partial charge in [-0.2, -0.15) is 5.10 Å². The van der Waals surface area contributed by atoms with Gasteiger partial charge in [0.25, 0.3) is 10.0 Å². The maximum Gasteiger partial charge on any atom is 0.335 e. The van der Waals surface area contributed by atoms with E-state index >= 15 is 0 Å². The second-order valence-corrected chi connectivity index (χ2v) is 11.2. The maximum atomic E-state index is 13.8. The van der Waals surface area contributed by atoms with Gasteiger partial charge in [0.1, 0.15) is 0 Å². The second-order valence-electron chi connectivity index (χ2n) is 9.34. The summed E-state index contributed by atoms with van der Waals surface area (Å²) in [4.78, 5) is 11.5. The van der Waals surface area contributed by atoms with Crippen LogP contribution in [0, 0.1) is 18.8 Å². The highest BCUT2D eigenvalue weighted by atomic mass is 32.2. The summed E-state index contributed by atoms with van der Waals surface area (Å²) in [6.07, 6.45) is 3.71. The molecule has 1 aliphatic heterocycles. The average Bonchev–Trinajstić information content (AvgIpc) is 3.20. The summed E-state index contributed by atoms with van der Waals surface area (Å²) in [6, 6.07) is 9.65. The van der Waals surface area contributed by atoms with Gasteiger partial charge in [0, 0.05) is 31.7 Å². The Hall–Kier alpha value is -2.91. The molecule has 9 heteroatoms. The fourth-order valence-electron chi connectivity index (χ4n) is 4.40. The van der Waals surface area contributed by atoms with E-state index in [1.807, 2.05) is 24.6 Å². The molecule has 0 spiro atoms. The van der Waals surface area contributed by atoms with E-state index < -0.39 is 16.0 Å². The summed E-state index contributed by atoms with van der Waals surface area (Å²) in [5.41, 5.74) is 2.10. The molecule has 1 fully saturated rings. The first-order valence-electron chi connectivity index (χ1n) is 11.6. The zero-order valence-electron chi connectivity index (χ0n) is 19.8. The van der Waals surface area contributed by atoms with Gasteiger partial charge in [-0.15, -0.1) is 0 Å². The minimum atomic E-state index is -3.88. The van der Waals surface area contributed by atoms with Crippen molar-refractivity contribution in [1.82, 2.24) is 9.78 Å². The Bertz CT molecular complexity index is 1290. The zero-order chi connectivity index (χ0) is 24.5. The van der Waals surface area contributed by atoms with Crippen LogP contribution in [0.3, 0.4) is 0 Å². The number of nitrogens with zero attached hydrogens (tertiary/aromatic N) is 3. The highest BCUT2D eigenvalue weighted by Crippen LogP contribution is 2.30. The molecule has 2 aromatic carbocycles. The third-order valence-corrected chi connectivity index (χ3v) is 7.99. The summed E-state index contributed by atoms with van der Waals surface area (Å²) >= 11 is 0. The monoisotopic (exact) mass is 485 g/mol. The van der Waals surface area contributed by atoms with Gasteiger partial charge in [0.05, 0.1) is 27.9 Å². The van der Waals surface area contributed by atoms with Crippen LogP contribution in [0.5, 0.6) is 0 Å². The molecule has 1 saturated heterocycles. The van der Waals surface area contributed by atoms with Gasteiger partial charge in [0.15, 0.2) is 0 Å². The number of carboxylic acids is 1. The summed E-state index contributed by atoms with van der Waals surface area (Å²) in [7, 11) is -3.88. The van der Waals surface area contributed by atoms with Gasteiger partial charge in [-0.05, 0) is 73.6 Å². The number of carboxylic acid groups (broad SMARTS) is 1. The van der Waals surface area contributed by atoms with E-state index in [9.17, 15) is 18.3 Å². The van der Waals surface area contributed by atoms with Crippen LogP contribution < -0.4 is 4.31 Å². The van der Waals surface area contributed by atoms with Crippen LogP contribution in [-0.2, 0) is 21.3 Å². The Morgan fingerprint density at radius 2 is 1.94 bits per heavy atom. The number of aryl methyl sites for hydroxylation is 1. The molecular weight excluding hydrogens is 454 g/mol. The van der Waals surface area contributed by atoms with Gasteiger partial charge >= 0.3 is 5.97 Å². The molecule has 1 aliphatic rings. The van der Waals surface area contributed by atoms with Gasteiger partial charge in [-0.25, -0.2) is 13.2 Å². The van der Waals surface area contributed by atoms with Crippen molar-refractivity contribution in [2.24, 2.45) is 11.8 Å². The molecule has 0 bridgehead atoms. The molecule has 0 unspecified atom stereocenters. The second kappa shape index (κ2) is 9.76. The predicted molar refractivity (Wildman–Crippen MR) is 131 cm³/mol. The molecule has 182 valence electrons. The Balaban J connectivity index is 1.69. The van der Waals surface area contributed by atoms with Crippen LogP contribution in [0.15, 0.2) is 47.5 Å². The quantitative estimate of drug-likeness (QED) is 0.510. The van der Waals surface area contributed by atoms with Crippen LogP contribution in [0.2, 0.25) is 0 Å². The molecule has 34 heavy (non-hydrogen) atoms. The lowest BCUT2D eigenvalue weighted by Crippen LogP contribution is -2.34. The molecule has 1 aromatic heterocycles. The molecule has 0 aliphatic carbocycles. The lowest BCUT2D eigenvalue weighted by Gasteiger charge is -2.28. The van der Waals surface area contributed by atoms with E-state index in [-0.39, 0.29) is 22.9 Å². The Morgan fingerprint density at radius 1 is 1.21 bits per heavy atom. The minimum Gasteiger partial charge on any atom is -0.478 e. The van der Waals surface area contributed by atoms with Gasteiger partial charge in [-0.3, -0.25) is 8.99 Å². The number of rotatable bonds is 8. The Morgan fingerprint density at radius 3 is 2.59 bits per heavy atom. The third kappa shape index (κ3) is 4.95. The Kier molecular flexibility index (Phi) is 6.95. The van der Waals surface area contributed by atoms with Crippen molar-refractivity contribution in [2.45, 2.75) is 45.1 Å². The van der Waals surface area contributed by atoms with Crippen LogP contribution in [0.1, 0.15) is 42.6 Å². The van der Waals surface area contributed by atoms with Crippen molar-refractivity contribution in [1.29, 1.82) is 0 Å². The number of anilines is 1. The molecule has 0 amide bonds. The molecule has 2 heterocycles. The normalized spacial score (nSPS) is 15.2. The minimum absolute atomic E-state index is 0.0688. The van der Waals surface area contributed by atoms with Crippen LogP contribution in [0.25, 0.3) is 10.9 Å². The standard InChI is InChI=1S/C25H31N3O5S/c1-17(2)15-28(23-6-4-20(25(29)30)12-18(23)3)34(31,32)22-5-7-24-21(13-22)14-26-27(24)16-19-8-10-33-11-9-19/h4-7,12-14,17,19H,8-11,15-16H2,1-3H3,(H,29,30). The topological polar surface area (TPSA) is 102 Å². The molecule has 3 aromatic rings. The Labute approximate surface area is 200 Å². The van der Waals surface area contributed by atoms with E-state index in [2.05, 4.69) is 5.10 Å². The molecule has 0 radical (unpaired) electrons. The highest BCUT2D eigenvalue weighted by Gasteiger charge is 2.28. The molecule has 0 atom stereocenters. The van der Waals surface area contributed by atoms with E-state index in [1.54, 1.807) is 31.3 Å². The van der Waals surface area contributed by atoms with Crippen LogP contribution >= 0.6 is 0 Å². The first kappa shape index (κ1) is 24.2. The third-order valence-electron chi connectivity index (χ3n) is 6.22. The SMILES string of the molecule is Cc1cc(C(=O)O)ccc1N(CC(C)C)S(=O)(=O)c1ccc2c(cnn2CC2CCOCC2)c1. The van der Waals surface area contributed by atoms with Crippen LogP contribution in [0.4, 0.5) is 5.69 Å². The van der Waals surface area contributed by atoms with Crippen LogP contribution in [-0.4, -0.2) is 49.0 Å². The molecule has 1 N–H and O–H groups in total. The number of benzene rings is 2. The smallest absolute Gasteiger partial charge is 0.335 e. The number of hydrogen-bond donors (Lipinski definition) is 1. The lowest BCUT2D eigenvalue weighted by atomic mass is 10.0. The first-order valence-corrected chi connectivity index (χ1v) is 13.0. The summed E-state index contributed by atoms with van der Waals surface area (Å²) in [6.45, 7) is 8.23. The number of aromatic nitrogens is 2. The summed E-state index contributed by atoms with van der Waals surface area (Å²) < 4.78 is 36.3. The number of ether oxygens (including phenoxy) is 1. The van der Waals surface area contributed by atoms with Crippen molar-refractivity contribution in [3.63, 3.8) is 0 Å². The van der Waals surface area contributed by atoms with Gasteiger partial charge in [0.2, 0.25) is 0 Å². The fourth-order valence-corrected chi connectivity index (χ4v) is 6.13. The lowest BCUT2D eigenvalue weighted by molar-refractivity contribution is 0.0605. The maximum absolute atomic E-state index is 13.8. The van der Waals surface area contributed by atoms with Crippen molar-refractivity contribution in [3.05, 3.63) is 53.7 Å². The van der Waals surface area contributed by atoms with E-state index in [4.69, 9.17) is 4.74 Å². The van der Waals surface area contributed by atoms with E-state index in [0.717, 1.165) is 43.5 Å². The summed E-state index contributed by atoms with van der Waals surface area (Å²) in [5.74, 6) is -0.478. The van der Waals surface area contributed by atoms with Crippen molar-refractivity contribution >= 4 is 32.6 Å². The van der Waals surface area contributed by atoms with E-state index in [0.29, 0.717) is 17.2 Å². The van der Waals surface area contributed by atoms with Crippen molar-refractivity contribution in [2.75, 3.05) is 24.1 Å². The number of fused-ring (bicyclic) bond motifs is 1. The predicted octanol–water partition coefficient (Wildman–Crippen LogP) is 4.32. The number of aromatic carboxylic acids is 1. The number of sulfonamides is 1. The van der Waals surface area contributed by atoms with Crippen molar-refractivity contribution in [3.8, 4) is 0 Å². The van der Waals surface area contributed by atoms with Gasteiger partial charge < -0.3 is 9.84 Å². The van der Waals surface area contributed by atoms with Gasteiger partial charge in [-0.1, -0.05) is 13.8 Å². The highest BCUT2D eigenvalue weighted by molar-refractivity contribution is 7.92. The summed E-state index contributed by atoms with van der Waals surface area (Å²) in [5, 5.41) is 14.6. The van der Waals surface area contributed by atoms with Crippen molar-refractivity contribution < 1.29 is 23.1 Å². The fraction of sp³-hybridized carbons (Fsp3) is 0.440.